The zero-order chi connectivity index (χ0) is 30.8. The first-order chi connectivity index (χ1) is 20.7. The maximum absolute atomic E-state index is 14.4. The highest BCUT2D eigenvalue weighted by atomic mass is 35.5. The van der Waals surface area contributed by atoms with Crippen LogP contribution in [0.1, 0.15) is 30.0 Å². The topological polar surface area (TPSA) is 86.8 Å². The molecule has 0 aromatic heterocycles. The minimum absolute atomic E-state index is 0.00378. The predicted octanol–water partition coefficient (Wildman–Crippen LogP) is 6.01. The van der Waals surface area contributed by atoms with E-state index in [0.29, 0.717) is 22.8 Å². The van der Waals surface area contributed by atoms with E-state index in [1.807, 2.05) is 73.7 Å². The molecule has 0 aliphatic carbocycles. The van der Waals surface area contributed by atoms with E-state index in [1.54, 1.807) is 25.1 Å². The van der Waals surface area contributed by atoms with Crippen molar-refractivity contribution in [3.63, 3.8) is 0 Å². The lowest BCUT2D eigenvalue weighted by atomic mass is 10.0. The van der Waals surface area contributed by atoms with Gasteiger partial charge in [-0.25, -0.2) is 8.42 Å². The standard InChI is InChI=1S/C34H36ClN3O4S/c1-3-22-36-34(40)32(23-27-13-6-4-7-14-27)37(24-28-15-8-5-9-16-28)33(39)25-38(31-17-11-10-12-26(31)2)43(41,42)30-20-18-29(35)19-21-30/h4-21,32H,3,22-25H2,1-2H3,(H,36,40)/t32-/m0/s1. The number of rotatable bonds is 13. The van der Waals surface area contributed by atoms with Crippen LogP contribution < -0.4 is 9.62 Å². The Morgan fingerprint density at radius 3 is 2.00 bits per heavy atom. The average molecular weight is 618 g/mol. The third-order valence-electron chi connectivity index (χ3n) is 7.08. The molecule has 4 rings (SSSR count). The van der Waals surface area contributed by atoms with Crippen LogP contribution in [-0.4, -0.2) is 44.3 Å². The molecule has 2 amide bonds. The monoisotopic (exact) mass is 617 g/mol. The predicted molar refractivity (Wildman–Crippen MR) is 171 cm³/mol. The van der Waals surface area contributed by atoms with Gasteiger partial charge >= 0.3 is 0 Å². The molecule has 0 radical (unpaired) electrons. The Balaban J connectivity index is 1.79. The van der Waals surface area contributed by atoms with Gasteiger partial charge in [-0.3, -0.25) is 13.9 Å². The van der Waals surface area contributed by atoms with Crippen LogP contribution in [0.4, 0.5) is 5.69 Å². The third-order valence-corrected chi connectivity index (χ3v) is 9.11. The number of nitrogens with zero attached hydrogens (tertiary/aromatic N) is 2. The number of amides is 2. The molecule has 4 aromatic rings. The van der Waals surface area contributed by atoms with Crippen molar-refractivity contribution in [3.8, 4) is 0 Å². The summed E-state index contributed by atoms with van der Waals surface area (Å²) in [7, 11) is -4.19. The molecule has 7 nitrogen and oxygen atoms in total. The van der Waals surface area contributed by atoms with Gasteiger partial charge < -0.3 is 10.2 Å². The second-order valence-electron chi connectivity index (χ2n) is 10.3. The summed E-state index contributed by atoms with van der Waals surface area (Å²) in [5, 5.41) is 3.35. The number of carbonyl (C=O) groups excluding carboxylic acids is 2. The molecule has 1 N–H and O–H groups in total. The van der Waals surface area contributed by atoms with Crippen LogP contribution in [0.15, 0.2) is 114 Å². The van der Waals surface area contributed by atoms with Gasteiger partial charge in [0, 0.05) is 24.5 Å². The Kier molecular flexibility index (Phi) is 11.0. The summed E-state index contributed by atoms with van der Waals surface area (Å²) in [4.78, 5) is 29.6. The first-order valence-electron chi connectivity index (χ1n) is 14.2. The van der Waals surface area contributed by atoms with Crippen LogP contribution in [0.25, 0.3) is 0 Å². The van der Waals surface area contributed by atoms with Crippen LogP contribution in [-0.2, 0) is 32.6 Å². The van der Waals surface area contributed by atoms with E-state index in [4.69, 9.17) is 11.6 Å². The van der Waals surface area contributed by atoms with E-state index in [9.17, 15) is 18.0 Å². The molecule has 43 heavy (non-hydrogen) atoms. The lowest BCUT2D eigenvalue weighted by molar-refractivity contribution is -0.140. The van der Waals surface area contributed by atoms with E-state index in [2.05, 4.69) is 5.32 Å². The van der Waals surface area contributed by atoms with Gasteiger partial charge in [-0.1, -0.05) is 97.4 Å². The highest BCUT2D eigenvalue weighted by molar-refractivity contribution is 7.92. The van der Waals surface area contributed by atoms with Crippen molar-refractivity contribution in [1.29, 1.82) is 0 Å². The van der Waals surface area contributed by atoms with Crippen LogP contribution in [0, 0.1) is 6.92 Å². The number of hydrogen-bond acceptors (Lipinski definition) is 4. The molecule has 9 heteroatoms. The van der Waals surface area contributed by atoms with Gasteiger partial charge in [-0.05, 0) is 60.4 Å². The third kappa shape index (κ3) is 8.24. The second-order valence-corrected chi connectivity index (χ2v) is 12.6. The number of halogens is 1. The minimum Gasteiger partial charge on any atom is -0.354 e. The fourth-order valence-electron chi connectivity index (χ4n) is 4.79. The Morgan fingerprint density at radius 2 is 1.40 bits per heavy atom. The lowest BCUT2D eigenvalue weighted by Crippen LogP contribution is -2.53. The lowest BCUT2D eigenvalue weighted by Gasteiger charge is -2.34. The van der Waals surface area contributed by atoms with Gasteiger partial charge in [-0.15, -0.1) is 0 Å². The largest absolute Gasteiger partial charge is 0.354 e. The van der Waals surface area contributed by atoms with Crippen molar-refractivity contribution in [2.24, 2.45) is 0 Å². The highest BCUT2D eigenvalue weighted by Crippen LogP contribution is 2.28. The smallest absolute Gasteiger partial charge is 0.264 e. The molecule has 0 unspecified atom stereocenters. The van der Waals surface area contributed by atoms with Crippen LogP contribution in [0.5, 0.6) is 0 Å². The zero-order valence-corrected chi connectivity index (χ0v) is 25.9. The van der Waals surface area contributed by atoms with Crippen molar-refractivity contribution in [2.75, 3.05) is 17.4 Å². The SMILES string of the molecule is CCCNC(=O)[C@H](Cc1ccccc1)N(Cc1ccccc1)C(=O)CN(c1ccccc1C)S(=O)(=O)c1ccc(Cl)cc1. The molecule has 0 heterocycles. The summed E-state index contributed by atoms with van der Waals surface area (Å²) >= 11 is 6.05. The number of anilines is 1. The van der Waals surface area contributed by atoms with Crippen molar-refractivity contribution >= 4 is 39.1 Å². The Hall–Kier alpha value is -4.14. The fraction of sp³-hybridized carbons (Fsp3) is 0.235. The Labute approximate surface area is 259 Å². The van der Waals surface area contributed by atoms with Crippen molar-refractivity contribution < 1.29 is 18.0 Å². The van der Waals surface area contributed by atoms with Gasteiger partial charge in [0.25, 0.3) is 10.0 Å². The number of aryl methyl sites for hydroxylation is 1. The van der Waals surface area contributed by atoms with Gasteiger partial charge in [-0.2, -0.15) is 0 Å². The van der Waals surface area contributed by atoms with E-state index >= 15 is 0 Å². The van der Waals surface area contributed by atoms with Crippen molar-refractivity contribution in [1.82, 2.24) is 10.2 Å². The fourth-order valence-corrected chi connectivity index (χ4v) is 6.40. The number of para-hydroxylation sites is 1. The molecular weight excluding hydrogens is 582 g/mol. The number of hydrogen-bond donors (Lipinski definition) is 1. The molecule has 0 saturated heterocycles. The van der Waals surface area contributed by atoms with E-state index in [0.717, 1.165) is 21.9 Å². The van der Waals surface area contributed by atoms with Gasteiger partial charge in [0.2, 0.25) is 11.8 Å². The summed E-state index contributed by atoms with van der Waals surface area (Å²) in [6.07, 6.45) is 1.00. The zero-order valence-electron chi connectivity index (χ0n) is 24.3. The highest BCUT2D eigenvalue weighted by Gasteiger charge is 2.35. The normalized spacial score (nSPS) is 11.9. The second kappa shape index (κ2) is 14.8. The number of benzene rings is 4. The maximum Gasteiger partial charge on any atom is 0.264 e. The summed E-state index contributed by atoms with van der Waals surface area (Å²) in [6, 6.07) is 30.9. The van der Waals surface area contributed by atoms with Gasteiger partial charge in [0.1, 0.15) is 12.6 Å². The average Bonchev–Trinajstić information content (AvgIpc) is 3.02. The van der Waals surface area contributed by atoms with Crippen LogP contribution >= 0.6 is 11.6 Å². The van der Waals surface area contributed by atoms with E-state index in [1.165, 1.54) is 29.2 Å². The number of sulfonamides is 1. The summed E-state index contributed by atoms with van der Waals surface area (Å²) in [5.41, 5.74) is 2.76. The number of carbonyl (C=O) groups is 2. The quantitative estimate of drug-likeness (QED) is 0.199. The van der Waals surface area contributed by atoms with E-state index in [-0.39, 0.29) is 23.8 Å². The molecule has 0 fully saturated rings. The van der Waals surface area contributed by atoms with Crippen LogP contribution in [0.3, 0.4) is 0 Å². The number of nitrogens with one attached hydrogen (secondary N) is 1. The Bertz CT molecular complexity index is 1610. The van der Waals surface area contributed by atoms with Crippen molar-refractivity contribution in [3.05, 3.63) is 131 Å². The van der Waals surface area contributed by atoms with Crippen LogP contribution in [0.2, 0.25) is 5.02 Å². The van der Waals surface area contributed by atoms with E-state index < -0.39 is 28.5 Å². The molecule has 0 bridgehead atoms. The minimum atomic E-state index is -4.19. The molecular formula is C34H36ClN3O4S. The van der Waals surface area contributed by atoms with Gasteiger partial charge in [0.05, 0.1) is 10.6 Å². The molecule has 0 aliphatic rings. The molecule has 224 valence electrons. The first kappa shape index (κ1) is 31.8. The first-order valence-corrected chi connectivity index (χ1v) is 16.0. The summed E-state index contributed by atoms with van der Waals surface area (Å²) < 4.78 is 29.3. The summed E-state index contributed by atoms with van der Waals surface area (Å²) in [6.45, 7) is 3.83. The molecule has 1 atom stereocenters. The molecule has 0 spiro atoms. The Morgan fingerprint density at radius 1 is 0.814 bits per heavy atom. The van der Waals surface area contributed by atoms with Crippen molar-refractivity contribution in [2.45, 2.75) is 44.2 Å². The molecule has 0 saturated carbocycles. The van der Waals surface area contributed by atoms with Gasteiger partial charge in [0.15, 0.2) is 0 Å². The summed E-state index contributed by atoms with van der Waals surface area (Å²) in [5.74, 6) is -0.796. The molecule has 0 aliphatic heterocycles. The molecule has 4 aromatic carbocycles. The maximum atomic E-state index is 14.4.